The molecule has 0 saturated heterocycles. The van der Waals surface area contributed by atoms with Crippen LogP contribution in [-0.4, -0.2) is 34.9 Å². The number of carboxylic acids is 1. The molecule has 5 heteroatoms. The first kappa shape index (κ1) is 15.7. The number of nitrogens with zero attached hydrogens (tertiary/aromatic N) is 2. The topological polar surface area (TPSA) is 70.5 Å². The standard InChI is InChI=1S/C17H18N2O3/c1-3-19(4-2)13-9-7-12(8-10-13)16(20)15-14(17(21)22)6-5-11-18-15/h5-11H,3-4H2,1-2H3,(H,21,22). The van der Waals surface area contributed by atoms with Gasteiger partial charge in [-0.25, -0.2) is 4.79 Å². The lowest BCUT2D eigenvalue weighted by Gasteiger charge is -2.21. The predicted molar refractivity (Wildman–Crippen MR) is 84.6 cm³/mol. The van der Waals surface area contributed by atoms with Crippen LogP contribution in [-0.2, 0) is 0 Å². The molecule has 22 heavy (non-hydrogen) atoms. The number of carboxylic acid groups (broad SMARTS) is 1. The van der Waals surface area contributed by atoms with Gasteiger partial charge < -0.3 is 10.0 Å². The van der Waals surface area contributed by atoms with E-state index in [4.69, 9.17) is 5.11 Å². The van der Waals surface area contributed by atoms with Crippen molar-refractivity contribution in [3.63, 3.8) is 0 Å². The highest BCUT2D eigenvalue weighted by atomic mass is 16.4. The number of pyridine rings is 1. The number of hydrogen-bond donors (Lipinski definition) is 1. The average Bonchev–Trinajstić information content (AvgIpc) is 2.56. The van der Waals surface area contributed by atoms with E-state index in [1.165, 1.54) is 18.3 Å². The zero-order chi connectivity index (χ0) is 16.1. The molecule has 1 N–H and O–H groups in total. The number of aromatic nitrogens is 1. The van der Waals surface area contributed by atoms with Crippen molar-refractivity contribution in [1.29, 1.82) is 0 Å². The highest BCUT2D eigenvalue weighted by Gasteiger charge is 2.19. The van der Waals surface area contributed by atoms with Crippen molar-refractivity contribution in [3.8, 4) is 0 Å². The summed E-state index contributed by atoms with van der Waals surface area (Å²) in [5.41, 5.74) is 1.34. The second-order valence-electron chi connectivity index (χ2n) is 4.75. The minimum Gasteiger partial charge on any atom is -0.478 e. The van der Waals surface area contributed by atoms with E-state index in [0.29, 0.717) is 5.56 Å². The van der Waals surface area contributed by atoms with Crippen LogP contribution in [0.25, 0.3) is 0 Å². The maximum absolute atomic E-state index is 12.5. The van der Waals surface area contributed by atoms with E-state index in [1.54, 1.807) is 12.1 Å². The fourth-order valence-electron chi connectivity index (χ4n) is 2.31. The summed E-state index contributed by atoms with van der Waals surface area (Å²) in [5, 5.41) is 9.14. The molecule has 0 bridgehead atoms. The quantitative estimate of drug-likeness (QED) is 0.830. The first-order chi connectivity index (χ1) is 10.6. The van der Waals surface area contributed by atoms with Crippen LogP contribution in [0.5, 0.6) is 0 Å². The Morgan fingerprint density at radius 1 is 1.09 bits per heavy atom. The Kier molecular flexibility index (Phi) is 4.88. The molecule has 2 rings (SSSR count). The third kappa shape index (κ3) is 3.14. The van der Waals surface area contributed by atoms with Crippen molar-refractivity contribution in [2.24, 2.45) is 0 Å². The predicted octanol–water partition coefficient (Wildman–Crippen LogP) is 2.86. The molecule has 0 radical (unpaired) electrons. The van der Waals surface area contributed by atoms with Crippen LogP contribution in [0, 0.1) is 0 Å². The van der Waals surface area contributed by atoms with Gasteiger partial charge >= 0.3 is 5.97 Å². The number of rotatable bonds is 6. The molecule has 0 spiro atoms. The maximum Gasteiger partial charge on any atom is 0.338 e. The molecule has 0 unspecified atom stereocenters. The zero-order valence-electron chi connectivity index (χ0n) is 12.6. The summed E-state index contributed by atoms with van der Waals surface area (Å²) in [6.07, 6.45) is 1.42. The molecule has 1 aromatic carbocycles. The lowest BCUT2D eigenvalue weighted by atomic mass is 10.0. The highest BCUT2D eigenvalue weighted by Crippen LogP contribution is 2.18. The second-order valence-corrected chi connectivity index (χ2v) is 4.75. The Morgan fingerprint density at radius 2 is 1.73 bits per heavy atom. The number of ketones is 1. The summed E-state index contributed by atoms with van der Waals surface area (Å²) in [6, 6.07) is 10.0. The zero-order valence-corrected chi connectivity index (χ0v) is 12.6. The lowest BCUT2D eigenvalue weighted by Crippen LogP contribution is -2.21. The van der Waals surface area contributed by atoms with Gasteiger partial charge in [0.05, 0.1) is 5.56 Å². The maximum atomic E-state index is 12.5. The first-order valence-electron chi connectivity index (χ1n) is 7.16. The van der Waals surface area contributed by atoms with Gasteiger partial charge in [0.25, 0.3) is 0 Å². The molecule has 0 amide bonds. The van der Waals surface area contributed by atoms with E-state index < -0.39 is 5.97 Å². The Labute approximate surface area is 129 Å². The smallest absolute Gasteiger partial charge is 0.338 e. The first-order valence-corrected chi connectivity index (χ1v) is 7.16. The Bertz CT molecular complexity index is 677. The summed E-state index contributed by atoms with van der Waals surface area (Å²) >= 11 is 0. The SMILES string of the molecule is CCN(CC)c1ccc(C(=O)c2ncccc2C(=O)O)cc1. The number of carbonyl (C=O) groups is 2. The molecule has 114 valence electrons. The monoisotopic (exact) mass is 298 g/mol. The van der Waals surface area contributed by atoms with Crippen LogP contribution in [0.15, 0.2) is 42.6 Å². The van der Waals surface area contributed by atoms with Crippen molar-refractivity contribution < 1.29 is 14.7 Å². The Hall–Kier alpha value is -2.69. The van der Waals surface area contributed by atoms with E-state index in [0.717, 1.165) is 18.8 Å². The third-order valence-corrected chi connectivity index (χ3v) is 3.51. The summed E-state index contributed by atoms with van der Waals surface area (Å²) in [4.78, 5) is 29.7. The van der Waals surface area contributed by atoms with Gasteiger partial charge in [0, 0.05) is 30.5 Å². The number of hydrogen-bond acceptors (Lipinski definition) is 4. The van der Waals surface area contributed by atoms with Gasteiger partial charge in [0.2, 0.25) is 5.78 Å². The molecule has 0 aliphatic carbocycles. The van der Waals surface area contributed by atoms with Crippen molar-refractivity contribution >= 4 is 17.4 Å². The number of benzene rings is 1. The molecule has 0 aliphatic heterocycles. The molecule has 0 atom stereocenters. The van der Waals surface area contributed by atoms with Gasteiger partial charge in [-0.1, -0.05) is 0 Å². The van der Waals surface area contributed by atoms with E-state index in [1.807, 2.05) is 12.1 Å². The molecular formula is C17H18N2O3. The molecule has 5 nitrogen and oxygen atoms in total. The van der Waals surface area contributed by atoms with Gasteiger partial charge in [-0.05, 0) is 50.2 Å². The minimum atomic E-state index is -1.16. The molecule has 1 heterocycles. The van der Waals surface area contributed by atoms with Crippen molar-refractivity contribution in [2.45, 2.75) is 13.8 Å². The van der Waals surface area contributed by atoms with E-state index in [9.17, 15) is 9.59 Å². The van der Waals surface area contributed by atoms with Gasteiger partial charge in [0.15, 0.2) is 0 Å². The molecule has 1 aromatic heterocycles. The minimum absolute atomic E-state index is 0.0365. The molecule has 0 fully saturated rings. The van der Waals surface area contributed by atoms with E-state index in [-0.39, 0.29) is 17.0 Å². The average molecular weight is 298 g/mol. The highest BCUT2D eigenvalue weighted by molar-refractivity contribution is 6.13. The van der Waals surface area contributed by atoms with Crippen LogP contribution in [0.4, 0.5) is 5.69 Å². The van der Waals surface area contributed by atoms with Crippen LogP contribution >= 0.6 is 0 Å². The Morgan fingerprint density at radius 3 is 2.27 bits per heavy atom. The number of aromatic carboxylic acids is 1. The molecular weight excluding hydrogens is 280 g/mol. The fraction of sp³-hybridized carbons (Fsp3) is 0.235. The van der Waals surface area contributed by atoms with Crippen LogP contribution < -0.4 is 4.90 Å². The number of anilines is 1. The fourth-order valence-corrected chi connectivity index (χ4v) is 2.31. The third-order valence-electron chi connectivity index (χ3n) is 3.51. The largest absolute Gasteiger partial charge is 0.478 e. The van der Waals surface area contributed by atoms with Gasteiger partial charge in [-0.2, -0.15) is 0 Å². The summed E-state index contributed by atoms with van der Waals surface area (Å²) in [5.74, 6) is -1.54. The number of carbonyl (C=O) groups excluding carboxylic acids is 1. The summed E-state index contributed by atoms with van der Waals surface area (Å²) in [7, 11) is 0. The normalized spacial score (nSPS) is 10.3. The van der Waals surface area contributed by atoms with Crippen LogP contribution in [0.2, 0.25) is 0 Å². The lowest BCUT2D eigenvalue weighted by molar-refractivity contribution is 0.0692. The Balaban J connectivity index is 2.33. The van der Waals surface area contributed by atoms with E-state index in [2.05, 4.69) is 23.7 Å². The summed E-state index contributed by atoms with van der Waals surface area (Å²) in [6.45, 7) is 5.89. The second kappa shape index (κ2) is 6.85. The molecule has 0 aliphatic rings. The van der Waals surface area contributed by atoms with Crippen molar-refractivity contribution in [2.75, 3.05) is 18.0 Å². The van der Waals surface area contributed by atoms with Gasteiger partial charge in [-0.3, -0.25) is 9.78 Å². The van der Waals surface area contributed by atoms with Crippen molar-refractivity contribution in [3.05, 3.63) is 59.4 Å². The summed E-state index contributed by atoms with van der Waals surface area (Å²) < 4.78 is 0. The van der Waals surface area contributed by atoms with Gasteiger partial charge in [-0.15, -0.1) is 0 Å². The van der Waals surface area contributed by atoms with Gasteiger partial charge in [0.1, 0.15) is 5.69 Å². The van der Waals surface area contributed by atoms with Crippen LogP contribution in [0.3, 0.4) is 0 Å². The van der Waals surface area contributed by atoms with Crippen molar-refractivity contribution in [1.82, 2.24) is 4.98 Å². The molecule has 0 saturated carbocycles. The van der Waals surface area contributed by atoms with Crippen LogP contribution in [0.1, 0.15) is 40.3 Å². The molecule has 2 aromatic rings. The van der Waals surface area contributed by atoms with E-state index >= 15 is 0 Å².